The van der Waals surface area contributed by atoms with E-state index in [-0.39, 0.29) is 0 Å². The molecule has 0 spiro atoms. The Hall–Kier alpha value is -1.99. The number of hydrogen-bond donors (Lipinski definition) is 1. The van der Waals surface area contributed by atoms with Gasteiger partial charge in [-0.3, -0.25) is 4.68 Å². The van der Waals surface area contributed by atoms with Gasteiger partial charge in [0.25, 0.3) is 0 Å². The number of thiophene rings is 1. The first kappa shape index (κ1) is 14.0. The summed E-state index contributed by atoms with van der Waals surface area (Å²) in [5.74, 6) is 0.829. The third-order valence-corrected chi connectivity index (χ3v) is 4.25. The Bertz CT molecular complexity index is 718. The lowest BCUT2D eigenvalue weighted by Gasteiger charge is -2.24. The number of likely N-dealkylation sites (N-methyl/N-ethyl adjacent to an activating group) is 1. The van der Waals surface area contributed by atoms with Crippen LogP contribution in [0, 0.1) is 0 Å². The summed E-state index contributed by atoms with van der Waals surface area (Å²) in [6, 6.07) is 2.47. The quantitative estimate of drug-likeness (QED) is 0.782. The molecular weight excluding hydrogens is 284 g/mol. The van der Waals surface area contributed by atoms with E-state index in [0.29, 0.717) is 6.04 Å². The van der Waals surface area contributed by atoms with E-state index >= 15 is 0 Å². The lowest BCUT2D eigenvalue weighted by atomic mass is 10.1. The van der Waals surface area contributed by atoms with Crippen LogP contribution in [0.25, 0.3) is 11.0 Å². The van der Waals surface area contributed by atoms with Crippen LogP contribution in [-0.2, 0) is 7.05 Å². The lowest BCUT2D eigenvalue weighted by Crippen LogP contribution is -2.26. The number of anilines is 1. The van der Waals surface area contributed by atoms with E-state index in [1.165, 1.54) is 5.56 Å². The standard InChI is InChI=1S/C14H18N6S/c1-19(2)12(10-4-5-21-8-10)7-15-13-11-6-18-20(3)14(11)17-9-16-13/h4-6,8-9,12H,7H2,1-3H3,(H,15,16,17)/t12-/m0/s1. The van der Waals surface area contributed by atoms with Crippen LogP contribution in [0.5, 0.6) is 0 Å². The van der Waals surface area contributed by atoms with Crippen molar-refractivity contribution >= 4 is 28.2 Å². The monoisotopic (exact) mass is 302 g/mol. The molecule has 3 aromatic rings. The second-order valence-corrected chi connectivity index (χ2v) is 5.92. The maximum absolute atomic E-state index is 4.34. The van der Waals surface area contributed by atoms with E-state index < -0.39 is 0 Å². The zero-order chi connectivity index (χ0) is 14.8. The van der Waals surface area contributed by atoms with Gasteiger partial charge in [0.1, 0.15) is 12.1 Å². The first-order valence-electron chi connectivity index (χ1n) is 6.72. The maximum atomic E-state index is 4.34. The average molecular weight is 302 g/mol. The Morgan fingerprint density at radius 2 is 2.24 bits per heavy atom. The largest absolute Gasteiger partial charge is 0.367 e. The zero-order valence-corrected chi connectivity index (χ0v) is 13.1. The number of nitrogens with zero attached hydrogens (tertiary/aromatic N) is 5. The number of aryl methyl sites for hydroxylation is 1. The van der Waals surface area contributed by atoms with Crippen LogP contribution in [0.3, 0.4) is 0 Å². The van der Waals surface area contributed by atoms with Gasteiger partial charge in [-0.05, 0) is 36.5 Å². The summed E-state index contributed by atoms with van der Waals surface area (Å²) in [5, 5.41) is 12.9. The molecule has 0 aliphatic heterocycles. The fraction of sp³-hybridized carbons (Fsp3) is 0.357. The van der Waals surface area contributed by atoms with Crippen LogP contribution >= 0.6 is 11.3 Å². The molecule has 0 aromatic carbocycles. The molecule has 0 aliphatic rings. The van der Waals surface area contributed by atoms with E-state index in [9.17, 15) is 0 Å². The molecule has 1 atom stereocenters. The summed E-state index contributed by atoms with van der Waals surface area (Å²) in [4.78, 5) is 10.8. The summed E-state index contributed by atoms with van der Waals surface area (Å²) >= 11 is 1.72. The Labute approximate surface area is 127 Å². The summed E-state index contributed by atoms with van der Waals surface area (Å²) in [6.45, 7) is 0.782. The average Bonchev–Trinajstić information content (AvgIpc) is 3.10. The minimum atomic E-state index is 0.304. The van der Waals surface area contributed by atoms with Crippen molar-refractivity contribution in [1.82, 2.24) is 24.6 Å². The Morgan fingerprint density at radius 1 is 1.38 bits per heavy atom. The van der Waals surface area contributed by atoms with Gasteiger partial charge in [-0.15, -0.1) is 0 Å². The minimum absolute atomic E-state index is 0.304. The van der Waals surface area contributed by atoms with Crippen molar-refractivity contribution in [3.8, 4) is 0 Å². The van der Waals surface area contributed by atoms with Crippen molar-refractivity contribution in [3.63, 3.8) is 0 Å². The molecule has 3 rings (SSSR count). The van der Waals surface area contributed by atoms with Crippen LogP contribution in [0.15, 0.2) is 29.4 Å². The van der Waals surface area contributed by atoms with Gasteiger partial charge in [0.05, 0.1) is 17.6 Å². The maximum Gasteiger partial charge on any atom is 0.163 e. The van der Waals surface area contributed by atoms with Crippen LogP contribution in [-0.4, -0.2) is 45.3 Å². The van der Waals surface area contributed by atoms with Crippen LogP contribution in [0.1, 0.15) is 11.6 Å². The molecular formula is C14H18N6S. The zero-order valence-electron chi connectivity index (χ0n) is 12.3. The third kappa shape index (κ3) is 2.74. The van der Waals surface area contributed by atoms with Gasteiger partial charge in [0.2, 0.25) is 0 Å². The van der Waals surface area contributed by atoms with Gasteiger partial charge in [0, 0.05) is 13.6 Å². The second kappa shape index (κ2) is 5.79. The number of nitrogens with one attached hydrogen (secondary N) is 1. The number of aromatic nitrogens is 4. The van der Waals surface area contributed by atoms with Crippen molar-refractivity contribution in [2.75, 3.05) is 26.0 Å². The highest BCUT2D eigenvalue weighted by atomic mass is 32.1. The van der Waals surface area contributed by atoms with Crippen LogP contribution in [0.4, 0.5) is 5.82 Å². The third-order valence-electron chi connectivity index (χ3n) is 3.54. The predicted octanol–water partition coefficient (Wildman–Crippen LogP) is 2.14. The second-order valence-electron chi connectivity index (χ2n) is 5.14. The summed E-state index contributed by atoms with van der Waals surface area (Å²) in [7, 11) is 6.06. The lowest BCUT2D eigenvalue weighted by molar-refractivity contribution is 0.312. The van der Waals surface area contributed by atoms with E-state index in [1.807, 2.05) is 7.05 Å². The highest BCUT2D eigenvalue weighted by molar-refractivity contribution is 7.07. The van der Waals surface area contributed by atoms with Crippen molar-refractivity contribution < 1.29 is 0 Å². The topological polar surface area (TPSA) is 58.9 Å². The molecule has 3 aromatic heterocycles. The van der Waals surface area contributed by atoms with Gasteiger partial charge in [-0.25, -0.2) is 9.97 Å². The van der Waals surface area contributed by atoms with E-state index in [2.05, 4.69) is 56.2 Å². The van der Waals surface area contributed by atoms with Gasteiger partial charge in [-0.1, -0.05) is 0 Å². The molecule has 1 N–H and O–H groups in total. The number of hydrogen-bond acceptors (Lipinski definition) is 6. The molecule has 21 heavy (non-hydrogen) atoms. The SMILES string of the molecule is CN(C)[C@@H](CNc1ncnc2c1cnn2C)c1ccsc1. The molecule has 0 saturated heterocycles. The Kier molecular flexibility index (Phi) is 3.85. The first-order valence-corrected chi connectivity index (χ1v) is 7.66. The number of rotatable bonds is 5. The molecule has 0 radical (unpaired) electrons. The van der Waals surface area contributed by atoms with E-state index in [0.717, 1.165) is 23.4 Å². The molecule has 3 heterocycles. The highest BCUT2D eigenvalue weighted by Gasteiger charge is 2.15. The molecule has 0 saturated carbocycles. The molecule has 7 heteroatoms. The predicted molar refractivity (Wildman–Crippen MR) is 85.5 cm³/mol. The van der Waals surface area contributed by atoms with Crippen molar-refractivity contribution in [1.29, 1.82) is 0 Å². The van der Waals surface area contributed by atoms with Crippen LogP contribution in [0.2, 0.25) is 0 Å². The highest BCUT2D eigenvalue weighted by Crippen LogP contribution is 2.23. The molecule has 6 nitrogen and oxygen atoms in total. The Morgan fingerprint density at radius 3 is 2.95 bits per heavy atom. The minimum Gasteiger partial charge on any atom is -0.367 e. The normalized spacial score (nSPS) is 13.0. The van der Waals surface area contributed by atoms with Crippen LogP contribution < -0.4 is 5.32 Å². The fourth-order valence-electron chi connectivity index (χ4n) is 2.36. The van der Waals surface area contributed by atoms with Crippen molar-refractivity contribution in [2.45, 2.75) is 6.04 Å². The molecule has 0 amide bonds. The molecule has 0 fully saturated rings. The fourth-order valence-corrected chi connectivity index (χ4v) is 3.07. The molecule has 0 unspecified atom stereocenters. The van der Waals surface area contributed by atoms with Gasteiger partial charge in [-0.2, -0.15) is 16.4 Å². The summed E-state index contributed by atoms with van der Waals surface area (Å²) in [5.41, 5.74) is 2.15. The van der Waals surface area contributed by atoms with Gasteiger partial charge < -0.3 is 10.2 Å². The van der Waals surface area contributed by atoms with E-state index in [4.69, 9.17) is 0 Å². The molecule has 110 valence electrons. The first-order chi connectivity index (χ1) is 10.2. The van der Waals surface area contributed by atoms with Gasteiger partial charge in [0.15, 0.2) is 5.65 Å². The van der Waals surface area contributed by atoms with Crippen molar-refractivity contribution in [2.24, 2.45) is 7.05 Å². The number of fused-ring (bicyclic) bond motifs is 1. The summed E-state index contributed by atoms with van der Waals surface area (Å²) in [6.07, 6.45) is 3.37. The molecule has 0 aliphatic carbocycles. The van der Waals surface area contributed by atoms with Gasteiger partial charge >= 0.3 is 0 Å². The van der Waals surface area contributed by atoms with E-state index in [1.54, 1.807) is 28.5 Å². The van der Waals surface area contributed by atoms with Crippen molar-refractivity contribution in [3.05, 3.63) is 34.9 Å². The summed E-state index contributed by atoms with van der Waals surface area (Å²) < 4.78 is 1.75. The smallest absolute Gasteiger partial charge is 0.163 e. The molecule has 0 bridgehead atoms. The Balaban J connectivity index is 1.82.